The van der Waals surface area contributed by atoms with Crippen molar-refractivity contribution >= 4 is 17.8 Å². The van der Waals surface area contributed by atoms with Gasteiger partial charge >= 0.3 is 5.97 Å². The Kier molecular flexibility index (Phi) is 3.03. The Bertz CT molecular complexity index is 719. The minimum absolute atomic E-state index is 0.350. The van der Waals surface area contributed by atoms with Crippen LogP contribution in [0.4, 0.5) is 0 Å². The van der Waals surface area contributed by atoms with Gasteiger partial charge in [0.15, 0.2) is 0 Å². The lowest BCUT2D eigenvalue weighted by molar-refractivity contribution is -0.130. The molecule has 1 aliphatic rings. The Morgan fingerprint density at radius 2 is 2.00 bits per heavy atom. The molecule has 0 N–H and O–H groups in total. The molecule has 0 fully saturated rings. The van der Waals surface area contributed by atoms with Crippen LogP contribution in [0.2, 0.25) is 0 Å². The van der Waals surface area contributed by atoms with Crippen molar-refractivity contribution in [3.8, 4) is 0 Å². The molecule has 0 unspecified atom stereocenters. The first-order valence-electron chi connectivity index (χ1n) is 6.40. The molecule has 0 spiro atoms. The van der Waals surface area contributed by atoms with Crippen molar-refractivity contribution in [1.82, 2.24) is 0 Å². The second kappa shape index (κ2) is 4.85. The number of hydrogen-bond donors (Lipinski definition) is 0. The topological polar surface area (TPSA) is 39.4 Å². The van der Waals surface area contributed by atoms with Crippen LogP contribution in [0.5, 0.6) is 0 Å². The van der Waals surface area contributed by atoms with Crippen molar-refractivity contribution in [3.05, 3.63) is 70.7 Å². The zero-order chi connectivity index (χ0) is 14.1. The van der Waals surface area contributed by atoms with Gasteiger partial charge in [0.05, 0.1) is 11.8 Å². The summed E-state index contributed by atoms with van der Waals surface area (Å²) in [7, 11) is 0. The summed E-state index contributed by atoms with van der Waals surface area (Å²) in [6.45, 7) is 4.01. The second-order valence-electron chi connectivity index (χ2n) is 4.83. The zero-order valence-corrected chi connectivity index (χ0v) is 11.3. The number of ether oxygens (including phenoxy) is 1. The van der Waals surface area contributed by atoms with E-state index in [9.17, 15) is 4.79 Å². The fourth-order valence-electron chi connectivity index (χ4n) is 2.15. The lowest BCUT2D eigenvalue weighted by atomic mass is 10.0. The van der Waals surface area contributed by atoms with Crippen LogP contribution >= 0.6 is 0 Å². The average molecular weight is 266 g/mol. The van der Waals surface area contributed by atoms with E-state index < -0.39 is 0 Å². The maximum Gasteiger partial charge on any atom is 0.343 e. The number of carbonyl (C=O) groups excluding carboxylic acids is 1. The van der Waals surface area contributed by atoms with Crippen LogP contribution in [0.3, 0.4) is 0 Å². The number of hydrogen-bond acceptors (Lipinski definition) is 3. The largest absolute Gasteiger partial charge is 0.465 e. The van der Waals surface area contributed by atoms with E-state index in [-0.39, 0.29) is 5.97 Å². The van der Waals surface area contributed by atoms with Gasteiger partial charge in [-0.3, -0.25) is 0 Å². The van der Waals surface area contributed by atoms with E-state index in [1.54, 1.807) is 30.5 Å². The summed E-state index contributed by atoms with van der Waals surface area (Å²) in [4.78, 5) is 11.9. The van der Waals surface area contributed by atoms with Crippen molar-refractivity contribution in [2.45, 2.75) is 13.8 Å². The summed E-state index contributed by atoms with van der Waals surface area (Å²) in [6, 6.07) is 9.65. The predicted molar refractivity (Wildman–Crippen MR) is 76.7 cm³/mol. The van der Waals surface area contributed by atoms with E-state index in [2.05, 4.69) is 0 Å². The van der Waals surface area contributed by atoms with Gasteiger partial charge in [0.25, 0.3) is 0 Å². The van der Waals surface area contributed by atoms with Gasteiger partial charge < -0.3 is 9.15 Å². The molecule has 0 amide bonds. The molecular weight excluding hydrogens is 252 g/mol. The summed E-state index contributed by atoms with van der Waals surface area (Å²) in [5.74, 6) is 0.877. The Morgan fingerprint density at radius 3 is 2.75 bits per heavy atom. The number of benzene rings is 1. The van der Waals surface area contributed by atoms with Gasteiger partial charge in [0.1, 0.15) is 11.5 Å². The zero-order valence-electron chi connectivity index (χ0n) is 11.3. The van der Waals surface area contributed by atoms with Crippen LogP contribution in [0, 0.1) is 13.8 Å². The van der Waals surface area contributed by atoms with Crippen LogP contribution < -0.4 is 0 Å². The third-order valence-corrected chi connectivity index (χ3v) is 3.22. The first-order valence-corrected chi connectivity index (χ1v) is 6.40. The van der Waals surface area contributed by atoms with Crippen molar-refractivity contribution in [2.75, 3.05) is 0 Å². The van der Waals surface area contributed by atoms with Gasteiger partial charge in [0.2, 0.25) is 0 Å². The molecule has 0 aliphatic carbocycles. The monoisotopic (exact) mass is 266 g/mol. The molecule has 2 aromatic rings. The van der Waals surface area contributed by atoms with Gasteiger partial charge in [-0.2, -0.15) is 0 Å². The summed E-state index contributed by atoms with van der Waals surface area (Å²) in [5, 5.41) is 0. The normalized spacial score (nSPS) is 16.4. The number of rotatable bonds is 2. The molecule has 1 aromatic carbocycles. The smallest absolute Gasteiger partial charge is 0.343 e. The standard InChI is InChI=1S/C17H14O3/c1-11-5-6-12(2)15(8-11)16-10-13(17(18)20-16)9-14-4-3-7-19-14/h3-10H,1-2H3/b13-9-. The van der Waals surface area contributed by atoms with Crippen molar-refractivity contribution in [3.63, 3.8) is 0 Å². The fourth-order valence-corrected chi connectivity index (χ4v) is 2.15. The van der Waals surface area contributed by atoms with Gasteiger partial charge in [-0.05, 0) is 49.8 Å². The van der Waals surface area contributed by atoms with Crippen LogP contribution in [0.15, 0.2) is 52.7 Å². The molecule has 2 heterocycles. The first-order chi connectivity index (χ1) is 9.63. The number of furan rings is 1. The highest BCUT2D eigenvalue weighted by Crippen LogP contribution is 2.29. The molecule has 0 radical (unpaired) electrons. The molecular formula is C17H14O3. The van der Waals surface area contributed by atoms with Crippen molar-refractivity contribution in [2.24, 2.45) is 0 Å². The van der Waals surface area contributed by atoms with E-state index >= 15 is 0 Å². The second-order valence-corrected chi connectivity index (χ2v) is 4.83. The van der Waals surface area contributed by atoms with Gasteiger partial charge in [-0.1, -0.05) is 17.7 Å². The van der Waals surface area contributed by atoms with E-state index in [1.807, 2.05) is 32.0 Å². The molecule has 3 heteroatoms. The molecule has 3 nitrogen and oxygen atoms in total. The highest BCUT2D eigenvalue weighted by molar-refractivity contribution is 6.05. The first kappa shape index (κ1) is 12.5. The molecule has 1 aliphatic heterocycles. The minimum Gasteiger partial charge on any atom is -0.465 e. The molecule has 0 atom stereocenters. The third kappa shape index (κ3) is 2.30. The van der Waals surface area contributed by atoms with E-state index in [0.717, 1.165) is 16.7 Å². The quantitative estimate of drug-likeness (QED) is 0.611. The fraction of sp³-hybridized carbons (Fsp3) is 0.118. The van der Waals surface area contributed by atoms with Crippen LogP contribution in [-0.2, 0) is 9.53 Å². The summed E-state index contributed by atoms with van der Waals surface area (Å²) >= 11 is 0. The Hall–Kier alpha value is -2.55. The highest BCUT2D eigenvalue weighted by Gasteiger charge is 2.23. The Balaban J connectivity index is 2.00. The van der Waals surface area contributed by atoms with E-state index in [0.29, 0.717) is 17.1 Å². The van der Waals surface area contributed by atoms with Gasteiger partial charge in [-0.25, -0.2) is 4.79 Å². The highest BCUT2D eigenvalue weighted by atomic mass is 16.5. The maximum absolute atomic E-state index is 11.9. The molecule has 0 saturated carbocycles. The van der Waals surface area contributed by atoms with E-state index in [1.165, 1.54) is 0 Å². The summed E-state index contributed by atoms with van der Waals surface area (Å²) in [5.41, 5.74) is 3.65. The summed E-state index contributed by atoms with van der Waals surface area (Å²) < 4.78 is 10.6. The number of cyclic esters (lactones) is 1. The van der Waals surface area contributed by atoms with Crippen LogP contribution in [0.1, 0.15) is 22.5 Å². The Labute approximate surface area is 117 Å². The minimum atomic E-state index is -0.350. The van der Waals surface area contributed by atoms with Crippen molar-refractivity contribution in [1.29, 1.82) is 0 Å². The lowest BCUT2D eigenvalue weighted by Gasteiger charge is -2.06. The van der Waals surface area contributed by atoms with Crippen molar-refractivity contribution < 1.29 is 13.9 Å². The molecule has 0 bridgehead atoms. The Morgan fingerprint density at radius 1 is 1.15 bits per heavy atom. The van der Waals surface area contributed by atoms with E-state index in [4.69, 9.17) is 9.15 Å². The van der Waals surface area contributed by atoms with Crippen LogP contribution in [-0.4, -0.2) is 5.97 Å². The van der Waals surface area contributed by atoms with Gasteiger partial charge in [0, 0.05) is 5.56 Å². The summed E-state index contributed by atoms with van der Waals surface area (Å²) in [6.07, 6.45) is 5.01. The van der Waals surface area contributed by atoms with Gasteiger partial charge in [-0.15, -0.1) is 0 Å². The molecule has 1 aromatic heterocycles. The molecule has 20 heavy (non-hydrogen) atoms. The SMILES string of the molecule is Cc1ccc(C)c(C2=C/C(=C/c3ccco3)C(=O)O2)c1. The molecule has 3 rings (SSSR count). The molecule has 0 saturated heterocycles. The lowest BCUT2D eigenvalue weighted by Crippen LogP contribution is -1.98. The number of aryl methyl sites for hydroxylation is 2. The molecule has 100 valence electrons. The number of esters is 1. The van der Waals surface area contributed by atoms with Crippen LogP contribution in [0.25, 0.3) is 11.8 Å². The number of carbonyl (C=O) groups is 1. The third-order valence-electron chi connectivity index (χ3n) is 3.22. The maximum atomic E-state index is 11.9. The predicted octanol–water partition coefficient (Wildman–Crippen LogP) is 3.88. The average Bonchev–Trinajstić information content (AvgIpc) is 3.04.